The van der Waals surface area contributed by atoms with Crippen molar-refractivity contribution in [3.63, 3.8) is 0 Å². The molecule has 33 heavy (non-hydrogen) atoms. The summed E-state index contributed by atoms with van der Waals surface area (Å²) >= 11 is 0. The van der Waals surface area contributed by atoms with Gasteiger partial charge in [0.1, 0.15) is 36.3 Å². The summed E-state index contributed by atoms with van der Waals surface area (Å²) in [5, 5.41) is 9.63. The van der Waals surface area contributed by atoms with Crippen molar-refractivity contribution in [1.82, 2.24) is 4.98 Å². The Kier molecular flexibility index (Phi) is 6.69. The van der Waals surface area contributed by atoms with Gasteiger partial charge in [0.15, 0.2) is 6.61 Å². The van der Waals surface area contributed by atoms with Crippen LogP contribution in [0.1, 0.15) is 16.8 Å². The molecule has 4 aromatic rings. The van der Waals surface area contributed by atoms with Crippen LogP contribution in [-0.4, -0.2) is 22.7 Å². The van der Waals surface area contributed by atoms with Gasteiger partial charge in [-0.2, -0.15) is 0 Å². The van der Waals surface area contributed by atoms with Crippen LogP contribution in [0.25, 0.3) is 10.9 Å². The molecule has 0 unspecified atom stereocenters. The lowest BCUT2D eigenvalue weighted by Gasteiger charge is -2.14. The largest absolute Gasteiger partial charge is 0.489 e. The van der Waals surface area contributed by atoms with Crippen molar-refractivity contribution in [3.05, 3.63) is 95.4 Å². The first-order valence-electron chi connectivity index (χ1n) is 10.3. The summed E-state index contributed by atoms with van der Waals surface area (Å²) in [5.41, 5.74) is 3.01. The molecule has 168 valence electrons. The average molecular weight is 447 g/mol. The maximum atomic E-state index is 13.3. The summed E-state index contributed by atoms with van der Waals surface area (Å²) in [6, 6.07) is 20.9. The number of nitrogens with zero attached hydrogens (tertiary/aromatic N) is 1. The van der Waals surface area contributed by atoms with Crippen molar-refractivity contribution >= 4 is 16.9 Å². The summed E-state index contributed by atoms with van der Waals surface area (Å²) in [6.45, 7) is 1.90. The molecule has 0 aliphatic heterocycles. The highest BCUT2D eigenvalue weighted by atomic mass is 19.1. The third kappa shape index (κ3) is 5.77. The third-order valence-corrected chi connectivity index (χ3v) is 4.93. The first kappa shape index (κ1) is 22.1. The maximum Gasteiger partial charge on any atom is 0.341 e. The van der Waals surface area contributed by atoms with Crippen molar-refractivity contribution in [1.29, 1.82) is 0 Å². The summed E-state index contributed by atoms with van der Waals surface area (Å²) in [4.78, 5) is 15.4. The van der Waals surface area contributed by atoms with Gasteiger partial charge >= 0.3 is 5.97 Å². The molecular formula is C26H22FNO5. The third-order valence-electron chi connectivity index (χ3n) is 4.93. The number of halogens is 1. The second kappa shape index (κ2) is 9.99. The zero-order valence-electron chi connectivity index (χ0n) is 18.0. The summed E-state index contributed by atoms with van der Waals surface area (Å²) in [5.74, 6) is 0.384. The number of fused-ring (bicyclic) bond motifs is 1. The average Bonchev–Trinajstić information content (AvgIpc) is 2.81. The van der Waals surface area contributed by atoms with Crippen LogP contribution < -0.4 is 14.2 Å². The maximum absolute atomic E-state index is 13.3. The number of benzene rings is 3. The molecule has 1 N–H and O–H groups in total. The first-order valence-corrected chi connectivity index (χ1v) is 10.3. The van der Waals surface area contributed by atoms with E-state index in [0.717, 1.165) is 22.2 Å². The van der Waals surface area contributed by atoms with Crippen LogP contribution >= 0.6 is 0 Å². The smallest absolute Gasteiger partial charge is 0.341 e. The fourth-order valence-electron chi connectivity index (χ4n) is 3.36. The van der Waals surface area contributed by atoms with Crippen molar-refractivity contribution in [3.8, 4) is 17.2 Å². The van der Waals surface area contributed by atoms with Crippen molar-refractivity contribution < 1.29 is 28.5 Å². The van der Waals surface area contributed by atoms with Gasteiger partial charge in [0.05, 0.1) is 11.2 Å². The van der Waals surface area contributed by atoms with Gasteiger partial charge in [-0.3, -0.25) is 0 Å². The van der Waals surface area contributed by atoms with Crippen molar-refractivity contribution in [2.45, 2.75) is 20.1 Å². The molecule has 0 aliphatic rings. The van der Waals surface area contributed by atoms with Crippen LogP contribution in [0.2, 0.25) is 0 Å². The second-order valence-electron chi connectivity index (χ2n) is 7.44. The Bertz CT molecular complexity index is 1290. The van der Waals surface area contributed by atoms with Gasteiger partial charge < -0.3 is 19.3 Å². The van der Waals surface area contributed by atoms with E-state index in [4.69, 9.17) is 19.3 Å². The summed E-state index contributed by atoms with van der Waals surface area (Å²) in [6.07, 6.45) is 0. The monoisotopic (exact) mass is 447 g/mol. The predicted molar refractivity (Wildman–Crippen MR) is 121 cm³/mol. The lowest BCUT2D eigenvalue weighted by molar-refractivity contribution is -0.139. The number of aryl methyl sites for hydroxylation is 1. The minimum Gasteiger partial charge on any atom is -0.489 e. The first-order chi connectivity index (χ1) is 16.0. The van der Waals surface area contributed by atoms with E-state index in [2.05, 4.69) is 4.98 Å². The number of carboxylic acid groups (broad SMARTS) is 1. The van der Waals surface area contributed by atoms with Crippen LogP contribution in [0.3, 0.4) is 0 Å². The fourth-order valence-corrected chi connectivity index (χ4v) is 3.36. The Hall–Kier alpha value is -4.13. The van der Waals surface area contributed by atoms with Gasteiger partial charge in [0.25, 0.3) is 0 Å². The highest BCUT2D eigenvalue weighted by Crippen LogP contribution is 2.27. The number of hydrogen-bond donors (Lipinski definition) is 1. The molecule has 0 saturated heterocycles. The SMILES string of the molecule is Cc1cccc(COc2cccc(OCc3ccc4cc(F)ccc4n3)c2)c1OCC(=O)O. The van der Waals surface area contributed by atoms with Crippen molar-refractivity contribution in [2.24, 2.45) is 0 Å². The molecule has 0 amide bonds. The highest BCUT2D eigenvalue weighted by Gasteiger charge is 2.10. The molecule has 3 aromatic carbocycles. The molecule has 0 radical (unpaired) electrons. The normalized spacial score (nSPS) is 10.7. The Balaban J connectivity index is 1.40. The van der Waals surface area contributed by atoms with E-state index in [1.807, 2.05) is 49.4 Å². The zero-order chi connectivity index (χ0) is 23.2. The van der Waals surface area contributed by atoms with E-state index in [1.54, 1.807) is 18.2 Å². The number of pyridine rings is 1. The highest BCUT2D eigenvalue weighted by molar-refractivity contribution is 5.78. The van der Waals surface area contributed by atoms with Crippen molar-refractivity contribution in [2.75, 3.05) is 6.61 Å². The van der Waals surface area contributed by atoms with Crippen LogP contribution in [0.4, 0.5) is 4.39 Å². The van der Waals surface area contributed by atoms with Gasteiger partial charge in [0.2, 0.25) is 0 Å². The van der Waals surface area contributed by atoms with E-state index < -0.39 is 12.6 Å². The van der Waals surface area contributed by atoms with Crippen LogP contribution in [0.15, 0.2) is 72.8 Å². The molecule has 0 fully saturated rings. The van der Waals surface area contributed by atoms with Crippen LogP contribution in [0, 0.1) is 12.7 Å². The van der Waals surface area contributed by atoms with E-state index in [-0.39, 0.29) is 19.0 Å². The number of para-hydroxylation sites is 1. The Morgan fingerprint density at radius 3 is 2.45 bits per heavy atom. The number of aromatic nitrogens is 1. The lowest BCUT2D eigenvalue weighted by Crippen LogP contribution is -2.12. The second-order valence-corrected chi connectivity index (χ2v) is 7.44. The molecule has 6 nitrogen and oxygen atoms in total. The Labute approximate surface area is 190 Å². The number of ether oxygens (including phenoxy) is 3. The van der Waals surface area contributed by atoms with E-state index in [0.29, 0.717) is 22.8 Å². The molecule has 0 aliphatic carbocycles. The molecule has 4 rings (SSSR count). The van der Waals surface area contributed by atoms with Gasteiger partial charge in [-0.15, -0.1) is 0 Å². The predicted octanol–water partition coefficient (Wildman–Crippen LogP) is 5.30. The zero-order valence-corrected chi connectivity index (χ0v) is 18.0. The Morgan fingerprint density at radius 1 is 0.909 bits per heavy atom. The van der Waals surface area contributed by atoms with Crippen LogP contribution in [-0.2, 0) is 18.0 Å². The van der Waals surface area contributed by atoms with Gasteiger partial charge in [-0.05, 0) is 48.9 Å². The quantitative estimate of drug-likeness (QED) is 0.375. The molecule has 1 aromatic heterocycles. The number of rotatable bonds is 9. The standard InChI is InChI=1S/C26H22FNO5/c1-17-4-2-5-19(26(17)33-16-25(29)30)14-31-22-6-3-7-23(13-22)32-15-21-10-8-18-12-20(27)9-11-24(18)28-21/h2-13H,14-16H2,1H3,(H,29,30). The summed E-state index contributed by atoms with van der Waals surface area (Å²) in [7, 11) is 0. The van der Waals surface area contributed by atoms with E-state index >= 15 is 0 Å². The van der Waals surface area contributed by atoms with Gasteiger partial charge in [0, 0.05) is 17.0 Å². The van der Waals surface area contributed by atoms with Gasteiger partial charge in [-0.1, -0.05) is 30.3 Å². The number of aliphatic carboxylic acids is 1. The number of carbonyl (C=O) groups is 1. The molecule has 0 saturated carbocycles. The van der Waals surface area contributed by atoms with Gasteiger partial charge in [-0.25, -0.2) is 14.2 Å². The molecule has 0 atom stereocenters. The topological polar surface area (TPSA) is 77.9 Å². The van der Waals surface area contributed by atoms with Crippen LogP contribution in [0.5, 0.6) is 17.2 Å². The Morgan fingerprint density at radius 2 is 1.67 bits per heavy atom. The molecule has 1 heterocycles. The molecule has 0 bridgehead atoms. The van der Waals surface area contributed by atoms with E-state index in [9.17, 15) is 9.18 Å². The lowest BCUT2D eigenvalue weighted by atomic mass is 10.1. The number of carboxylic acids is 1. The minimum atomic E-state index is -1.04. The minimum absolute atomic E-state index is 0.211. The summed E-state index contributed by atoms with van der Waals surface area (Å²) < 4.78 is 30.5. The molecule has 0 spiro atoms. The number of hydrogen-bond acceptors (Lipinski definition) is 5. The van der Waals surface area contributed by atoms with E-state index in [1.165, 1.54) is 12.1 Å². The fraction of sp³-hybridized carbons (Fsp3) is 0.154. The molecule has 7 heteroatoms. The molecular weight excluding hydrogens is 425 g/mol.